The van der Waals surface area contributed by atoms with Gasteiger partial charge in [0.2, 0.25) is 0 Å². The highest BCUT2D eigenvalue weighted by Crippen LogP contribution is 2.38. The van der Waals surface area contributed by atoms with Crippen molar-refractivity contribution >= 4 is 91.6 Å². The first kappa shape index (κ1) is 56.9. The van der Waals surface area contributed by atoms with E-state index in [1.54, 1.807) is 14.2 Å². The molecule has 9 rings (SSSR count). The summed E-state index contributed by atoms with van der Waals surface area (Å²) in [5.41, 5.74) is 13.2. The Labute approximate surface area is 483 Å². The van der Waals surface area contributed by atoms with Crippen molar-refractivity contribution in [3.8, 4) is 45.1 Å². The van der Waals surface area contributed by atoms with E-state index in [0.29, 0.717) is 106 Å². The van der Waals surface area contributed by atoms with Gasteiger partial charge in [0, 0.05) is 54.9 Å². The van der Waals surface area contributed by atoms with E-state index < -0.39 is 0 Å². The van der Waals surface area contributed by atoms with Gasteiger partial charge in [0.25, 0.3) is 0 Å². The topological polar surface area (TPSA) is 128 Å². The first-order chi connectivity index (χ1) is 38.4. The molecule has 5 heterocycles. The molecule has 0 fully saturated rings. The van der Waals surface area contributed by atoms with E-state index in [2.05, 4.69) is 188 Å². The Morgan fingerprint density at radius 3 is 1.12 bits per heavy atom. The zero-order chi connectivity index (χ0) is 53.7. The second-order valence-corrected chi connectivity index (χ2v) is 20.4. The minimum Gasteiger partial charge on any atom is -0.491 e. The van der Waals surface area contributed by atoms with Crippen LogP contribution >= 0.6 is 45.2 Å². The number of benzene rings is 4. The maximum absolute atomic E-state index is 6.14. The van der Waals surface area contributed by atoms with E-state index in [9.17, 15) is 0 Å². The first-order valence-electron chi connectivity index (χ1n) is 26.0. The van der Waals surface area contributed by atoms with Gasteiger partial charge in [-0.25, -0.2) is 9.97 Å². The average molecular weight is 1280 g/mol. The molecule has 7 aromatic rings. The van der Waals surface area contributed by atoms with Crippen LogP contribution < -0.4 is 9.47 Å². The lowest BCUT2D eigenvalue weighted by Crippen LogP contribution is -2.13. The molecule has 0 N–H and O–H groups in total. The molecule has 14 nitrogen and oxygen atoms in total. The lowest BCUT2D eigenvalue weighted by atomic mass is 10.0. The van der Waals surface area contributed by atoms with Gasteiger partial charge in [0.05, 0.1) is 126 Å². The molecule has 0 atom stereocenters. The van der Waals surface area contributed by atoms with E-state index in [1.807, 2.05) is 24.3 Å². The summed E-state index contributed by atoms with van der Waals surface area (Å²) in [4.78, 5) is 10.8. The van der Waals surface area contributed by atoms with Gasteiger partial charge in [-0.05, 0) is 190 Å². The number of nitrogens with zero attached hydrogens (tertiary/aromatic N) is 4. The highest BCUT2D eigenvalue weighted by molar-refractivity contribution is 14.1. The summed E-state index contributed by atoms with van der Waals surface area (Å²) in [6.07, 6.45) is 8.44. The number of ether oxygens (including phenoxy) is 10. The van der Waals surface area contributed by atoms with Gasteiger partial charge in [0.15, 0.2) is 0 Å². The van der Waals surface area contributed by atoms with Gasteiger partial charge >= 0.3 is 0 Å². The molecule has 0 saturated carbocycles. The van der Waals surface area contributed by atoms with Crippen molar-refractivity contribution in [3.63, 3.8) is 0 Å². The Morgan fingerprint density at radius 1 is 0.372 bits per heavy atom. The molecule has 0 radical (unpaired) electrons. The van der Waals surface area contributed by atoms with E-state index in [-0.39, 0.29) is 0 Å². The largest absolute Gasteiger partial charge is 0.491 e. The lowest BCUT2D eigenvalue weighted by Gasteiger charge is -2.14. The van der Waals surface area contributed by atoms with Crippen molar-refractivity contribution in [2.75, 3.05) is 120 Å². The van der Waals surface area contributed by atoms with Gasteiger partial charge in [-0.3, -0.25) is 0 Å². The van der Waals surface area contributed by atoms with Crippen molar-refractivity contribution in [1.82, 2.24) is 19.1 Å². The van der Waals surface area contributed by atoms with Crippen LogP contribution in [0.3, 0.4) is 0 Å². The van der Waals surface area contributed by atoms with Crippen molar-refractivity contribution in [2.24, 2.45) is 0 Å². The molecule has 0 unspecified atom stereocenters. The predicted molar refractivity (Wildman–Crippen MR) is 325 cm³/mol. The summed E-state index contributed by atoms with van der Waals surface area (Å²) in [6, 6.07) is 46.6. The maximum Gasteiger partial charge on any atom is 0.119 e. The standard InChI is InChI=1S/C62H64I2N4O10/c1-69-25-27-71-29-31-73-33-35-75-37-39-77-55-17-11-51(12-18-55)67-53-15-23-59(67)61(45-5-3-7-47(63)41-45)57-21-22-58(66-57)62(46-6-4-8-48(64)42-46)60-24-16-54(44-50-10-9-49(43-53)65-50)68(60)52-13-19-56(20-14-52)78-40-38-76-36-34-74-32-30-72-28-26-70-2/h3-24,41-44H,25-40H2,1-2H3. The molecule has 0 spiro atoms. The lowest BCUT2D eigenvalue weighted by molar-refractivity contribution is 0.000164. The van der Waals surface area contributed by atoms with Crippen molar-refractivity contribution in [2.45, 2.75) is 0 Å². The third-order valence-corrected chi connectivity index (χ3v) is 13.9. The van der Waals surface area contributed by atoms with Crippen LogP contribution in [0.5, 0.6) is 11.5 Å². The van der Waals surface area contributed by atoms with Gasteiger partial charge in [0.1, 0.15) is 24.7 Å². The molecule has 2 aliphatic rings. The van der Waals surface area contributed by atoms with Crippen LogP contribution in [0.15, 0.2) is 133 Å². The summed E-state index contributed by atoms with van der Waals surface area (Å²) in [5, 5.41) is 0. The summed E-state index contributed by atoms with van der Waals surface area (Å²) in [6.45, 7) is 7.93. The second-order valence-electron chi connectivity index (χ2n) is 17.9. The Morgan fingerprint density at radius 2 is 0.744 bits per heavy atom. The monoisotopic (exact) mass is 1280 g/mol. The smallest absolute Gasteiger partial charge is 0.119 e. The average Bonchev–Trinajstić information content (AvgIpc) is 4.33. The molecule has 78 heavy (non-hydrogen) atoms. The minimum atomic E-state index is 0.404. The third kappa shape index (κ3) is 15.7. The highest BCUT2D eigenvalue weighted by Gasteiger charge is 2.20. The number of hydrogen-bond donors (Lipinski definition) is 0. The molecule has 0 saturated heterocycles. The number of aromatic nitrogens is 4. The number of fused-ring (bicyclic) bond motifs is 8. The minimum absolute atomic E-state index is 0.404. The fraction of sp³-hybridized carbons (Fsp3) is 0.290. The Bertz CT molecular complexity index is 3070. The Hall–Kier alpha value is -5.78. The molecule has 8 bridgehead atoms. The summed E-state index contributed by atoms with van der Waals surface area (Å²) in [7, 11) is 3.31. The maximum atomic E-state index is 6.14. The SMILES string of the molecule is COCCOCCOCCOCCOc1ccc(-n2c3ccc2c(-c2cccc(I)c2)c2nc(c(-c4cccc(I)c4)c4ccc(cc5nc(c3)C=C5)n4-c3ccc(OCCOCCOCCOCCOC)cc3)C=C2)cc1. The van der Waals surface area contributed by atoms with Crippen LogP contribution in [-0.4, -0.2) is 139 Å². The van der Waals surface area contributed by atoms with Crippen LogP contribution in [0.1, 0.15) is 22.8 Å². The van der Waals surface area contributed by atoms with Crippen molar-refractivity contribution < 1.29 is 47.4 Å². The van der Waals surface area contributed by atoms with Crippen LogP contribution in [0.4, 0.5) is 0 Å². The highest BCUT2D eigenvalue weighted by atomic mass is 127. The fourth-order valence-corrected chi connectivity index (χ4v) is 10.0. The second kappa shape index (κ2) is 30.0. The molecular weight excluding hydrogens is 1210 g/mol. The molecule has 4 aromatic carbocycles. The van der Waals surface area contributed by atoms with Gasteiger partial charge in [-0.2, -0.15) is 0 Å². The molecule has 2 aliphatic heterocycles. The molecule has 0 aliphatic carbocycles. The normalized spacial score (nSPS) is 11.9. The van der Waals surface area contributed by atoms with Gasteiger partial charge in [-0.15, -0.1) is 0 Å². The van der Waals surface area contributed by atoms with E-state index in [4.69, 9.17) is 57.3 Å². The first-order valence-corrected chi connectivity index (χ1v) is 28.2. The fourth-order valence-electron chi connectivity index (χ4n) is 8.93. The summed E-state index contributed by atoms with van der Waals surface area (Å²) < 4.78 is 62.7. The molecule has 16 heteroatoms. The number of rotatable bonds is 30. The zero-order valence-corrected chi connectivity index (χ0v) is 48.3. The quantitative estimate of drug-likeness (QED) is 0.0314. The van der Waals surface area contributed by atoms with E-state index in [1.165, 1.54) is 0 Å². The van der Waals surface area contributed by atoms with Crippen LogP contribution in [-0.2, 0) is 37.9 Å². The number of methoxy groups -OCH3 is 2. The zero-order valence-electron chi connectivity index (χ0n) is 44.0. The predicted octanol–water partition coefficient (Wildman–Crippen LogP) is 12.3. The Balaban J connectivity index is 1.05. The summed E-state index contributed by atoms with van der Waals surface area (Å²) >= 11 is 4.79. The molecule has 0 amide bonds. The van der Waals surface area contributed by atoms with Gasteiger partial charge < -0.3 is 56.5 Å². The van der Waals surface area contributed by atoms with Gasteiger partial charge in [-0.1, -0.05) is 24.3 Å². The Kier molecular flexibility index (Phi) is 21.9. The number of hydrogen-bond acceptors (Lipinski definition) is 12. The van der Waals surface area contributed by atoms with E-state index in [0.717, 1.165) is 97.1 Å². The van der Waals surface area contributed by atoms with Crippen LogP contribution in [0, 0.1) is 7.14 Å². The van der Waals surface area contributed by atoms with Crippen molar-refractivity contribution in [1.29, 1.82) is 0 Å². The van der Waals surface area contributed by atoms with Crippen molar-refractivity contribution in [3.05, 3.63) is 163 Å². The third-order valence-electron chi connectivity index (χ3n) is 12.5. The van der Waals surface area contributed by atoms with Crippen LogP contribution in [0.25, 0.3) is 80.0 Å². The van der Waals surface area contributed by atoms with Crippen LogP contribution in [0.2, 0.25) is 0 Å². The summed E-state index contributed by atoms with van der Waals surface area (Å²) in [5.74, 6) is 1.49. The molecular formula is C62H64I2N4O10. The molecule has 406 valence electrons. The molecule has 3 aromatic heterocycles. The van der Waals surface area contributed by atoms with E-state index >= 15 is 0 Å². The number of halogens is 2.